The van der Waals surface area contributed by atoms with E-state index in [1.54, 1.807) is 6.08 Å². The largest absolute Gasteiger partial charge is 0.431 e. The van der Waals surface area contributed by atoms with Gasteiger partial charge in [0.05, 0.1) is 0 Å². The SMILES string of the molecule is C=CCN.CCCCCCCCC(F)(F)C(F)(F)S(=O)(=O)O. The van der Waals surface area contributed by atoms with Gasteiger partial charge in [-0.3, -0.25) is 4.55 Å². The van der Waals surface area contributed by atoms with Gasteiger partial charge in [-0.05, 0) is 6.42 Å². The third kappa shape index (κ3) is 8.70. The molecule has 0 unspecified atom stereocenters. The summed E-state index contributed by atoms with van der Waals surface area (Å²) in [4.78, 5) is 0. The van der Waals surface area contributed by atoms with Crippen molar-refractivity contribution in [2.45, 2.75) is 63.0 Å². The van der Waals surface area contributed by atoms with E-state index in [0.717, 1.165) is 19.3 Å². The molecule has 0 radical (unpaired) electrons. The highest BCUT2D eigenvalue weighted by atomic mass is 32.2. The second kappa shape index (κ2) is 11.0. The van der Waals surface area contributed by atoms with Crippen molar-refractivity contribution in [3.8, 4) is 0 Å². The first kappa shape index (κ1) is 23.6. The van der Waals surface area contributed by atoms with Gasteiger partial charge in [-0.25, -0.2) is 0 Å². The molecule has 0 aromatic rings. The number of alkyl halides is 4. The van der Waals surface area contributed by atoms with E-state index in [-0.39, 0.29) is 6.42 Å². The Morgan fingerprint density at radius 3 is 1.86 bits per heavy atom. The molecule has 134 valence electrons. The molecule has 0 amide bonds. The Morgan fingerprint density at radius 1 is 1.09 bits per heavy atom. The van der Waals surface area contributed by atoms with Crippen LogP contribution in [-0.2, 0) is 10.1 Å². The number of unbranched alkanes of at least 4 members (excludes halogenated alkanes) is 5. The van der Waals surface area contributed by atoms with Crippen LogP contribution < -0.4 is 5.73 Å². The van der Waals surface area contributed by atoms with Gasteiger partial charge in [-0.2, -0.15) is 26.0 Å². The van der Waals surface area contributed by atoms with Crippen LogP contribution in [0.5, 0.6) is 0 Å². The van der Waals surface area contributed by atoms with Gasteiger partial charge in [0, 0.05) is 13.0 Å². The van der Waals surface area contributed by atoms with E-state index in [0.29, 0.717) is 19.4 Å². The fraction of sp³-hybridized carbons (Fsp3) is 0.846. The van der Waals surface area contributed by atoms with Gasteiger partial charge in [-0.1, -0.05) is 45.1 Å². The van der Waals surface area contributed by atoms with Crippen molar-refractivity contribution in [1.29, 1.82) is 0 Å². The van der Waals surface area contributed by atoms with Crippen LogP contribution in [0.4, 0.5) is 17.6 Å². The van der Waals surface area contributed by atoms with Gasteiger partial charge in [0.2, 0.25) is 0 Å². The normalized spacial score (nSPS) is 12.5. The van der Waals surface area contributed by atoms with E-state index in [4.69, 9.17) is 10.3 Å². The van der Waals surface area contributed by atoms with Crippen LogP contribution in [0.3, 0.4) is 0 Å². The maximum absolute atomic E-state index is 13.0. The average molecular weight is 351 g/mol. The van der Waals surface area contributed by atoms with Crippen LogP contribution >= 0.6 is 0 Å². The topological polar surface area (TPSA) is 80.4 Å². The van der Waals surface area contributed by atoms with Gasteiger partial charge in [-0.15, -0.1) is 6.58 Å². The molecule has 0 saturated carbocycles. The predicted octanol–water partition coefficient (Wildman–Crippen LogP) is 3.98. The first-order valence-corrected chi connectivity index (χ1v) is 8.45. The van der Waals surface area contributed by atoms with Crippen molar-refractivity contribution in [2.24, 2.45) is 5.73 Å². The quantitative estimate of drug-likeness (QED) is 0.270. The minimum Gasteiger partial charge on any atom is -0.327 e. The first-order chi connectivity index (χ1) is 9.97. The fourth-order valence-corrected chi connectivity index (χ4v) is 1.94. The van der Waals surface area contributed by atoms with Gasteiger partial charge >= 0.3 is 21.3 Å². The van der Waals surface area contributed by atoms with E-state index in [1.807, 2.05) is 6.92 Å². The molecule has 0 rings (SSSR count). The van der Waals surface area contributed by atoms with Gasteiger partial charge in [0.25, 0.3) is 0 Å². The fourth-order valence-electron chi connectivity index (χ4n) is 1.46. The molecule has 0 saturated heterocycles. The minimum absolute atomic E-state index is 0.207. The van der Waals surface area contributed by atoms with Crippen LogP contribution in [0.1, 0.15) is 51.9 Å². The zero-order valence-corrected chi connectivity index (χ0v) is 13.5. The molecule has 0 aliphatic heterocycles. The lowest BCUT2D eigenvalue weighted by Crippen LogP contribution is -2.46. The standard InChI is InChI=1S/C10H18F4O3S.C3H7N/c1-2-3-4-5-6-7-8-9(11,12)10(13,14)18(15,16)17;1-2-3-4/h2-8H2,1H3,(H,15,16,17);2H,1,3-4H2. The molecule has 4 nitrogen and oxygen atoms in total. The van der Waals surface area contributed by atoms with Crippen molar-refractivity contribution < 1.29 is 30.5 Å². The summed E-state index contributed by atoms with van der Waals surface area (Å²) in [6.07, 6.45) is 3.90. The lowest BCUT2D eigenvalue weighted by Gasteiger charge is -2.23. The van der Waals surface area contributed by atoms with E-state index in [1.165, 1.54) is 0 Å². The number of halogens is 4. The summed E-state index contributed by atoms with van der Waals surface area (Å²) in [5, 5.41) is -5.43. The summed E-state index contributed by atoms with van der Waals surface area (Å²) in [7, 11) is -6.09. The second-order valence-corrected chi connectivity index (χ2v) is 6.20. The molecule has 22 heavy (non-hydrogen) atoms. The predicted molar refractivity (Wildman–Crippen MR) is 78.7 cm³/mol. The Labute approximate surface area is 129 Å². The molecule has 0 fully saturated rings. The third-order valence-corrected chi connectivity index (χ3v) is 3.71. The van der Waals surface area contributed by atoms with Crippen LogP contribution in [0.25, 0.3) is 0 Å². The summed E-state index contributed by atoms with van der Waals surface area (Å²) < 4.78 is 80.0. The van der Waals surface area contributed by atoms with Crippen molar-refractivity contribution >= 4 is 10.1 Å². The molecule has 9 heteroatoms. The first-order valence-electron chi connectivity index (χ1n) is 7.01. The Kier molecular flexibility index (Phi) is 11.8. The van der Waals surface area contributed by atoms with Crippen LogP contribution in [0, 0.1) is 0 Å². The Hall–Kier alpha value is -0.670. The molecule has 0 spiro atoms. The summed E-state index contributed by atoms with van der Waals surface area (Å²) in [6, 6.07) is 0. The Bertz CT molecular complexity index is 400. The zero-order chi connectivity index (χ0) is 17.9. The number of hydrogen-bond donors (Lipinski definition) is 2. The molecule has 0 aliphatic carbocycles. The zero-order valence-electron chi connectivity index (χ0n) is 12.7. The van der Waals surface area contributed by atoms with E-state index in [9.17, 15) is 26.0 Å². The smallest absolute Gasteiger partial charge is 0.327 e. The summed E-state index contributed by atoms with van der Waals surface area (Å²) >= 11 is 0. The lowest BCUT2D eigenvalue weighted by molar-refractivity contribution is -0.164. The summed E-state index contributed by atoms with van der Waals surface area (Å²) in [5.74, 6) is -4.74. The van der Waals surface area contributed by atoms with Crippen LogP contribution in [0.2, 0.25) is 0 Å². The average Bonchev–Trinajstić information content (AvgIpc) is 2.41. The highest BCUT2D eigenvalue weighted by molar-refractivity contribution is 7.87. The molecule has 0 atom stereocenters. The maximum atomic E-state index is 13.0. The van der Waals surface area contributed by atoms with E-state index in [2.05, 4.69) is 6.58 Å². The van der Waals surface area contributed by atoms with Gasteiger partial charge < -0.3 is 5.73 Å². The second-order valence-electron chi connectivity index (χ2n) is 4.74. The maximum Gasteiger partial charge on any atom is 0.431 e. The molecular weight excluding hydrogens is 326 g/mol. The van der Waals surface area contributed by atoms with Crippen LogP contribution in [-0.4, -0.2) is 30.7 Å². The molecule has 3 N–H and O–H groups in total. The van der Waals surface area contributed by atoms with Crippen molar-refractivity contribution in [2.75, 3.05) is 6.54 Å². The Balaban J connectivity index is 0. The van der Waals surface area contributed by atoms with Crippen molar-refractivity contribution in [3.63, 3.8) is 0 Å². The number of nitrogens with two attached hydrogens (primary N) is 1. The van der Waals surface area contributed by atoms with Crippen LogP contribution in [0.15, 0.2) is 12.7 Å². The molecule has 0 heterocycles. The minimum atomic E-state index is -6.09. The highest BCUT2D eigenvalue weighted by Crippen LogP contribution is 2.41. The summed E-state index contributed by atoms with van der Waals surface area (Å²) in [5.41, 5.74) is 4.91. The lowest BCUT2D eigenvalue weighted by atomic mass is 10.1. The molecule has 0 aromatic heterocycles. The van der Waals surface area contributed by atoms with E-state index < -0.39 is 27.7 Å². The van der Waals surface area contributed by atoms with E-state index >= 15 is 0 Å². The van der Waals surface area contributed by atoms with Crippen molar-refractivity contribution in [1.82, 2.24) is 0 Å². The highest BCUT2D eigenvalue weighted by Gasteiger charge is 2.64. The van der Waals surface area contributed by atoms with Gasteiger partial charge in [0.1, 0.15) is 0 Å². The monoisotopic (exact) mass is 351 g/mol. The number of rotatable bonds is 10. The Morgan fingerprint density at radius 2 is 1.50 bits per heavy atom. The molecule has 0 aliphatic rings. The van der Waals surface area contributed by atoms with Gasteiger partial charge in [0.15, 0.2) is 0 Å². The summed E-state index contributed by atoms with van der Waals surface area (Å²) in [6.45, 7) is 5.91. The number of hydrogen-bond acceptors (Lipinski definition) is 3. The molecule has 0 aromatic carbocycles. The van der Waals surface area contributed by atoms with Crippen molar-refractivity contribution in [3.05, 3.63) is 12.7 Å². The molecular formula is C13H25F4NO3S. The third-order valence-electron chi connectivity index (χ3n) is 2.76. The molecule has 0 bridgehead atoms.